The minimum absolute atomic E-state index is 0.0752. The number of aliphatic carboxylic acids is 1. The van der Waals surface area contributed by atoms with E-state index in [1.165, 1.54) is 0 Å². The van der Waals surface area contributed by atoms with Crippen LogP contribution in [0.2, 0.25) is 0 Å². The summed E-state index contributed by atoms with van der Waals surface area (Å²) in [6, 6.07) is 0. The van der Waals surface area contributed by atoms with Crippen LogP contribution in [-0.2, 0) is 14.9 Å². The SMILES string of the molecule is CC(C)CC(C(=O)O)S(=O)(=O)O. The lowest BCUT2D eigenvalue weighted by molar-refractivity contribution is -0.136. The molecule has 0 heterocycles. The maximum absolute atomic E-state index is 10.5. The molecule has 1 atom stereocenters. The lowest BCUT2D eigenvalue weighted by Crippen LogP contribution is -2.30. The van der Waals surface area contributed by atoms with Crippen molar-refractivity contribution in [3.63, 3.8) is 0 Å². The largest absolute Gasteiger partial charge is 0.480 e. The summed E-state index contributed by atoms with van der Waals surface area (Å²) in [6.07, 6.45) is -0.0752. The molecular weight excluding hydrogens is 184 g/mol. The molecule has 5 nitrogen and oxygen atoms in total. The maximum atomic E-state index is 10.5. The predicted molar refractivity (Wildman–Crippen MR) is 42.4 cm³/mol. The van der Waals surface area contributed by atoms with Gasteiger partial charge in [0.2, 0.25) is 0 Å². The fourth-order valence-electron chi connectivity index (χ4n) is 0.778. The van der Waals surface area contributed by atoms with E-state index in [9.17, 15) is 13.2 Å². The van der Waals surface area contributed by atoms with Crippen LogP contribution in [0.5, 0.6) is 0 Å². The lowest BCUT2D eigenvalue weighted by atomic mass is 10.1. The summed E-state index contributed by atoms with van der Waals surface area (Å²) in [5.74, 6) is -1.60. The van der Waals surface area contributed by atoms with E-state index in [2.05, 4.69) is 0 Å². The molecule has 0 saturated carbocycles. The van der Waals surface area contributed by atoms with E-state index < -0.39 is 21.3 Å². The average Bonchev–Trinajstić information content (AvgIpc) is 1.79. The molecule has 0 bridgehead atoms. The van der Waals surface area contributed by atoms with Crippen LogP contribution in [0.15, 0.2) is 0 Å². The molecule has 0 aliphatic heterocycles. The fraction of sp³-hybridized carbons (Fsp3) is 0.833. The van der Waals surface area contributed by atoms with Gasteiger partial charge in [0.05, 0.1) is 0 Å². The van der Waals surface area contributed by atoms with Crippen molar-refractivity contribution >= 4 is 16.1 Å². The van der Waals surface area contributed by atoms with Crippen LogP contribution < -0.4 is 0 Å². The highest BCUT2D eigenvalue weighted by atomic mass is 32.2. The van der Waals surface area contributed by atoms with E-state index in [0.29, 0.717) is 0 Å². The highest BCUT2D eigenvalue weighted by Crippen LogP contribution is 2.11. The summed E-state index contributed by atoms with van der Waals surface area (Å²) in [7, 11) is -4.46. The molecular formula is C6H12O5S. The van der Waals surface area contributed by atoms with Gasteiger partial charge in [-0.05, 0) is 12.3 Å². The zero-order chi connectivity index (χ0) is 9.94. The van der Waals surface area contributed by atoms with Crippen LogP contribution in [0.25, 0.3) is 0 Å². The molecule has 0 fully saturated rings. The minimum atomic E-state index is -4.46. The zero-order valence-corrected chi connectivity index (χ0v) is 7.71. The number of rotatable bonds is 4. The fourth-order valence-corrected chi connectivity index (χ4v) is 1.66. The van der Waals surface area contributed by atoms with Gasteiger partial charge in [-0.1, -0.05) is 13.8 Å². The second-order valence-corrected chi connectivity index (χ2v) is 4.57. The smallest absolute Gasteiger partial charge is 0.324 e. The van der Waals surface area contributed by atoms with Crippen molar-refractivity contribution in [3.8, 4) is 0 Å². The van der Waals surface area contributed by atoms with Crippen molar-refractivity contribution in [2.45, 2.75) is 25.5 Å². The maximum Gasteiger partial charge on any atom is 0.324 e. The second-order valence-electron chi connectivity index (χ2n) is 2.97. The van der Waals surface area contributed by atoms with Crippen LogP contribution in [0.4, 0.5) is 0 Å². The molecule has 0 spiro atoms. The standard InChI is InChI=1S/C6H12O5S/c1-4(2)3-5(6(7)8)12(9,10)11/h4-5H,3H2,1-2H3,(H,7,8)(H,9,10,11). The van der Waals surface area contributed by atoms with Gasteiger partial charge in [-0.25, -0.2) is 0 Å². The van der Waals surface area contributed by atoms with Crippen molar-refractivity contribution in [3.05, 3.63) is 0 Å². The Morgan fingerprint density at radius 3 is 1.92 bits per heavy atom. The van der Waals surface area contributed by atoms with Crippen molar-refractivity contribution in [1.82, 2.24) is 0 Å². The first kappa shape index (κ1) is 11.4. The number of carboxylic acid groups (broad SMARTS) is 1. The van der Waals surface area contributed by atoms with Gasteiger partial charge in [0.15, 0.2) is 5.25 Å². The van der Waals surface area contributed by atoms with E-state index in [-0.39, 0.29) is 12.3 Å². The van der Waals surface area contributed by atoms with E-state index in [1.54, 1.807) is 13.8 Å². The van der Waals surface area contributed by atoms with Crippen LogP contribution in [-0.4, -0.2) is 29.3 Å². The Labute approximate surface area is 71.1 Å². The number of hydrogen-bond donors (Lipinski definition) is 2. The first-order valence-electron chi connectivity index (χ1n) is 3.44. The first-order chi connectivity index (χ1) is 5.25. The molecule has 72 valence electrons. The van der Waals surface area contributed by atoms with E-state index in [1.807, 2.05) is 0 Å². The van der Waals surface area contributed by atoms with Gasteiger partial charge in [-0.2, -0.15) is 8.42 Å². The Kier molecular flexibility index (Phi) is 3.66. The van der Waals surface area contributed by atoms with Gasteiger partial charge in [0, 0.05) is 0 Å². The van der Waals surface area contributed by atoms with Gasteiger partial charge < -0.3 is 5.11 Å². The van der Waals surface area contributed by atoms with Gasteiger partial charge in [-0.3, -0.25) is 9.35 Å². The van der Waals surface area contributed by atoms with Crippen LogP contribution >= 0.6 is 0 Å². The second kappa shape index (κ2) is 3.86. The molecule has 0 aliphatic rings. The van der Waals surface area contributed by atoms with Crippen LogP contribution in [0, 0.1) is 5.92 Å². The normalized spacial score (nSPS) is 14.7. The molecule has 2 N–H and O–H groups in total. The summed E-state index contributed by atoms with van der Waals surface area (Å²) in [5.41, 5.74) is 0. The summed E-state index contributed by atoms with van der Waals surface area (Å²) < 4.78 is 29.5. The van der Waals surface area contributed by atoms with Crippen molar-refractivity contribution in [2.24, 2.45) is 5.92 Å². The topological polar surface area (TPSA) is 91.7 Å². The molecule has 0 rings (SSSR count). The average molecular weight is 196 g/mol. The Balaban J connectivity index is 4.59. The molecule has 12 heavy (non-hydrogen) atoms. The third kappa shape index (κ3) is 3.68. The van der Waals surface area contributed by atoms with E-state index >= 15 is 0 Å². The van der Waals surface area contributed by atoms with Crippen molar-refractivity contribution in [2.75, 3.05) is 0 Å². The number of hydrogen-bond acceptors (Lipinski definition) is 3. The summed E-state index contributed by atoms with van der Waals surface area (Å²) >= 11 is 0. The minimum Gasteiger partial charge on any atom is -0.480 e. The summed E-state index contributed by atoms with van der Waals surface area (Å²) in [5, 5.41) is 6.72. The molecule has 0 amide bonds. The molecule has 0 aliphatic carbocycles. The van der Waals surface area contributed by atoms with Crippen molar-refractivity contribution < 1.29 is 22.9 Å². The van der Waals surface area contributed by atoms with E-state index in [0.717, 1.165) is 0 Å². The molecule has 0 aromatic heterocycles. The number of carboxylic acids is 1. The van der Waals surface area contributed by atoms with Gasteiger partial charge >= 0.3 is 5.97 Å². The zero-order valence-electron chi connectivity index (χ0n) is 6.89. The Hall–Kier alpha value is -0.620. The highest BCUT2D eigenvalue weighted by Gasteiger charge is 2.31. The monoisotopic (exact) mass is 196 g/mol. The van der Waals surface area contributed by atoms with Gasteiger partial charge in [-0.15, -0.1) is 0 Å². The first-order valence-corrected chi connectivity index (χ1v) is 4.94. The Morgan fingerprint density at radius 1 is 1.42 bits per heavy atom. The molecule has 0 saturated heterocycles. The molecule has 0 aromatic carbocycles. The number of carbonyl (C=O) groups is 1. The lowest BCUT2D eigenvalue weighted by Gasteiger charge is -2.10. The third-order valence-corrected chi connectivity index (χ3v) is 2.43. The molecule has 6 heteroatoms. The molecule has 0 radical (unpaired) electrons. The van der Waals surface area contributed by atoms with Crippen LogP contribution in [0.1, 0.15) is 20.3 Å². The quantitative estimate of drug-likeness (QED) is 0.634. The Morgan fingerprint density at radius 2 is 1.83 bits per heavy atom. The summed E-state index contributed by atoms with van der Waals surface area (Å²) in [4.78, 5) is 10.3. The predicted octanol–water partition coefficient (Wildman–Crippen LogP) is 0.374. The van der Waals surface area contributed by atoms with Gasteiger partial charge in [0.25, 0.3) is 10.1 Å². The van der Waals surface area contributed by atoms with Gasteiger partial charge in [0.1, 0.15) is 0 Å². The molecule has 1 unspecified atom stereocenters. The Bertz CT molecular complexity index is 253. The molecule has 0 aromatic rings. The third-order valence-electron chi connectivity index (χ3n) is 1.32. The van der Waals surface area contributed by atoms with E-state index in [4.69, 9.17) is 9.66 Å². The highest BCUT2D eigenvalue weighted by molar-refractivity contribution is 7.87. The van der Waals surface area contributed by atoms with Crippen LogP contribution in [0.3, 0.4) is 0 Å². The summed E-state index contributed by atoms with van der Waals surface area (Å²) in [6.45, 7) is 3.36. The van der Waals surface area contributed by atoms with Crippen molar-refractivity contribution in [1.29, 1.82) is 0 Å².